The molecule has 0 N–H and O–H groups in total. The smallest absolute Gasteiger partial charge is 0.337 e. The zero-order chi connectivity index (χ0) is 23.0. The largest absolute Gasteiger partial charge is 0.465 e. The molecule has 2 amide bonds. The number of thioether (sulfide) groups is 1. The van der Waals surface area contributed by atoms with Crippen LogP contribution in [0.25, 0.3) is 11.8 Å². The lowest BCUT2D eigenvalue weighted by Crippen LogP contribution is -2.27. The van der Waals surface area contributed by atoms with Gasteiger partial charge in [0.15, 0.2) is 0 Å². The fourth-order valence-corrected chi connectivity index (χ4v) is 4.70. The van der Waals surface area contributed by atoms with Crippen LogP contribution in [0.1, 0.15) is 32.9 Å². The number of nitrogens with zero attached hydrogens (tertiary/aromatic N) is 2. The zero-order valence-electron chi connectivity index (χ0n) is 18.2. The van der Waals surface area contributed by atoms with Gasteiger partial charge in [0, 0.05) is 17.1 Å². The second-order valence-electron chi connectivity index (χ2n) is 7.51. The third-order valence-electron chi connectivity index (χ3n) is 5.42. The molecule has 6 nitrogen and oxygen atoms in total. The minimum absolute atomic E-state index is 0.310. The molecule has 3 aromatic rings. The Balaban J connectivity index is 1.70. The van der Waals surface area contributed by atoms with Crippen LogP contribution in [0, 0.1) is 20.8 Å². The Morgan fingerprint density at radius 1 is 1.00 bits per heavy atom. The lowest BCUT2D eigenvalue weighted by Gasteiger charge is -2.14. The van der Waals surface area contributed by atoms with E-state index in [0.717, 1.165) is 40.0 Å². The average Bonchev–Trinajstić information content (AvgIpc) is 3.22. The summed E-state index contributed by atoms with van der Waals surface area (Å²) < 4.78 is 6.88. The van der Waals surface area contributed by atoms with Crippen molar-refractivity contribution in [2.45, 2.75) is 20.8 Å². The first-order valence-corrected chi connectivity index (χ1v) is 10.8. The molecule has 0 bridgehead atoms. The fourth-order valence-electron chi connectivity index (χ4n) is 3.86. The zero-order valence-corrected chi connectivity index (χ0v) is 19.0. The van der Waals surface area contributed by atoms with Crippen molar-refractivity contribution in [3.05, 3.63) is 87.6 Å². The highest BCUT2D eigenvalue weighted by Gasteiger charge is 2.36. The minimum atomic E-state index is -0.379. The summed E-state index contributed by atoms with van der Waals surface area (Å²) in [7, 11) is 1.36. The van der Waals surface area contributed by atoms with Crippen molar-refractivity contribution in [2.75, 3.05) is 12.0 Å². The number of carbonyl (C=O) groups is 3. The maximum Gasteiger partial charge on any atom is 0.337 e. The predicted octanol–water partition coefficient (Wildman–Crippen LogP) is 5.43. The highest BCUT2D eigenvalue weighted by molar-refractivity contribution is 8.19. The molecule has 0 unspecified atom stereocenters. The molecule has 2 heterocycles. The third kappa shape index (κ3) is 3.76. The number of esters is 1. The van der Waals surface area contributed by atoms with Crippen LogP contribution in [0.3, 0.4) is 0 Å². The summed E-state index contributed by atoms with van der Waals surface area (Å²) in [6, 6.07) is 16.3. The number of benzene rings is 2. The molecular formula is C25H22N2O4S. The standard InChI is InChI=1S/C25H22N2O4S/c1-15-12-18(24(29)31-4)10-11-21(15)26-16(2)13-19(17(26)3)14-22-23(28)27(25(30)32-22)20-8-6-5-7-9-20/h5-14H,1-4H3. The second kappa shape index (κ2) is 8.51. The predicted molar refractivity (Wildman–Crippen MR) is 126 cm³/mol. The van der Waals surface area contributed by atoms with E-state index in [1.165, 1.54) is 12.0 Å². The Morgan fingerprint density at radius 2 is 1.72 bits per heavy atom. The number of rotatable bonds is 4. The summed E-state index contributed by atoms with van der Waals surface area (Å²) in [5, 5.41) is -0.310. The number of aromatic nitrogens is 1. The average molecular weight is 447 g/mol. The van der Waals surface area contributed by atoms with Gasteiger partial charge in [-0.3, -0.25) is 9.59 Å². The molecule has 1 aliphatic heterocycles. The van der Waals surface area contributed by atoms with E-state index in [0.29, 0.717) is 16.2 Å². The number of ether oxygens (including phenoxy) is 1. The van der Waals surface area contributed by atoms with Gasteiger partial charge >= 0.3 is 5.97 Å². The third-order valence-corrected chi connectivity index (χ3v) is 6.29. The van der Waals surface area contributed by atoms with Crippen molar-refractivity contribution >= 4 is 40.6 Å². The molecule has 7 heteroatoms. The first-order valence-electron chi connectivity index (χ1n) is 10.0. The first-order chi connectivity index (χ1) is 15.3. The minimum Gasteiger partial charge on any atom is -0.465 e. The number of amides is 2. The monoisotopic (exact) mass is 446 g/mol. The highest BCUT2D eigenvalue weighted by Crippen LogP contribution is 2.36. The molecular weight excluding hydrogens is 424 g/mol. The van der Waals surface area contributed by atoms with E-state index in [4.69, 9.17) is 4.74 Å². The summed E-state index contributed by atoms with van der Waals surface area (Å²) in [4.78, 5) is 38.9. The molecule has 0 saturated carbocycles. The van der Waals surface area contributed by atoms with Crippen LogP contribution < -0.4 is 4.90 Å². The van der Waals surface area contributed by atoms with E-state index in [1.807, 2.05) is 39.0 Å². The van der Waals surface area contributed by atoms with Gasteiger partial charge < -0.3 is 9.30 Å². The summed E-state index contributed by atoms with van der Waals surface area (Å²) in [5.74, 6) is -0.704. The first kappa shape index (κ1) is 21.6. The number of hydrogen-bond acceptors (Lipinski definition) is 5. The van der Waals surface area contributed by atoms with E-state index in [2.05, 4.69) is 4.57 Å². The molecule has 2 aromatic carbocycles. The number of hydrogen-bond donors (Lipinski definition) is 0. The van der Waals surface area contributed by atoms with E-state index in [-0.39, 0.29) is 17.1 Å². The molecule has 1 aliphatic rings. The molecule has 162 valence electrons. The second-order valence-corrected chi connectivity index (χ2v) is 8.50. The summed E-state index contributed by atoms with van der Waals surface area (Å²) in [6.07, 6.45) is 1.77. The van der Waals surface area contributed by atoms with Crippen LogP contribution in [-0.2, 0) is 9.53 Å². The molecule has 0 atom stereocenters. The number of carbonyl (C=O) groups excluding carboxylic acids is 3. The van der Waals surface area contributed by atoms with Crippen molar-refractivity contribution in [3.8, 4) is 5.69 Å². The maximum absolute atomic E-state index is 12.9. The summed E-state index contributed by atoms with van der Waals surface area (Å²) in [5.41, 5.74) is 5.68. The van der Waals surface area contributed by atoms with Crippen LogP contribution >= 0.6 is 11.8 Å². The van der Waals surface area contributed by atoms with Crippen LogP contribution in [0.15, 0.2) is 59.5 Å². The molecule has 1 fully saturated rings. The van der Waals surface area contributed by atoms with E-state index in [9.17, 15) is 14.4 Å². The van der Waals surface area contributed by atoms with Crippen molar-refractivity contribution in [1.82, 2.24) is 4.57 Å². The molecule has 0 radical (unpaired) electrons. The van der Waals surface area contributed by atoms with Gasteiger partial charge in [0.2, 0.25) is 0 Å². The van der Waals surface area contributed by atoms with Crippen LogP contribution in [0.4, 0.5) is 10.5 Å². The number of methoxy groups -OCH3 is 1. The normalized spacial score (nSPS) is 15.0. The lowest BCUT2D eigenvalue weighted by molar-refractivity contribution is -0.113. The van der Waals surface area contributed by atoms with Gasteiger partial charge in [-0.1, -0.05) is 18.2 Å². The topological polar surface area (TPSA) is 68.6 Å². The Kier molecular flexibility index (Phi) is 5.76. The fraction of sp³-hybridized carbons (Fsp3) is 0.160. The van der Waals surface area contributed by atoms with Crippen molar-refractivity contribution in [1.29, 1.82) is 0 Å². The highest BCUT2D eigenvalue weighted by atomic mass is 32.2. The van der Waals surface area contributed by atoms with Gasteiger partial charge in [-0.15, -0.1) is 0 Å². The number of anilines is 1. The Labute approximate surface area is 190 Å². The molecule has 0 spiro atoms. The van der Waals surface area contributed by atoms with Crippen molar-refractivity contribution < 1.29 is 19.1 Å². The van der Waals surface area contributed by atoms with Gasteiger partial charge in [0.05, 0.1) is 23.3 Å². The number of aryl methyl sites for hydroxylation is 2. The summed E-state index contributed by atoms with van der Waals surface area (Å²) in [6.45, 7) is 5.88. The Hall–Kier alpha value is -3.58. The Morgan fingerprint density at radius 3 is 2.38 bits per heavy atom. The number of imide groups is 1. The number of para-hydroxylation sites is 1. The van der Waals surface area contributed by atoms with E-state index in [1.54, 1.807) is 42.5 Å². The lowest BCUT2D eigenvalue weighted by atomic mass is 10.1. The molecule has 1 aromatic heterocycles. The molecule has 32 heavy (non-hydrogen) atoms. The van der Waals surface area contributed by atoms with Gasteiger partial charge in [0.1, 0.15) is 0 Å². The van der Waals surface area contributed by atoms with Crippen LogP contribution in [0.2, 0.25) is 0 Å². The van der Waals surface area contributed by atoms with E-state index < -0.39 is 0 Å². The van der Waals surface area contributed by atoms with Crippen LogP contribution in [0.5, 0.6) is 0 Å². The molecule has 1 saturated heterocycles. The quantitative estimate of drug-likeness (QED) is 0.395. The van der Waals surface area contributed by atoms with Crippen LogP contribution in [-0.4, -0.2) is 28.8 Å². The maximum atomic E-state index is 12.9. The van der Waals surface area contributed by atoms with E-state index >= 15 is 0 Å². The van der Waals surface area contributed by atoms with Gasteiger partial charge in [-0.05, 0) is 86.1 Å². The Bertz CT molecular complexity index is 1270. The van der Waals surface area contributed by atoms with Gasteiger partial charge in [0.25, 0.3) is 11.1 Å². The van der Waals surface area contributed by atoms with Gasteiger partial charge in [-0.2, -0.15) is 0 Å². The van der Waals surface area contributed by atoms with Crippen molar-refractivity contribution in [3.63, 3.8) is 0 Å². The molecule has 4 rings (SSSR count). The summed E-state index contributed by atoms with van der Waals surface area (Å²) >= 11 is 0.940. The molecule has 0 aliphatic carbocycles. The SMILES string of the molecule is COC(=O)c1ccc(-n2c(C)cc(C=C3SC(=O)N(c4ccccc4)C3=O)c2C)c(C)c1. The van der Waals surface area contributed by atoms with Crippen molar-refractivity contribution in [2.24, 2.45) is 0 Å². The van der Waals surface area contributed by atoms with Gasteiger partial charge in [-0.25, -0.2) is 9.69 Å².